The highest BCUT2D eigenvalue weighted by molar-refractivity contribution is 5.73. The van der Waals surface area contributed by atoms with E-state index in [0.717, 1.165) is 16.8 Å². The van der Waals surface area contributed by atoms with Gasteiger partial charge in [0, 0.05) is 18.1 Å². The molecular formula is C12H14N2. The van der Waals surface area contributed by atoms with Crippen molar-refractivity contribution in [1.82, 2.24) is 0 Å². The molecule has 0 amide bonds. The van der Waals surface area contributed by atoms with E-state index in [1.165, 1.54) is 0 Å². The van der Waals surface area contributed by atoms with Gasteiger partial charge in [0.15, 0.2) is 0 Å². The smallest absolute Gasteiger partial charge is 0.0314 e. The number of nitrogen functional groups attached to an aromatic ring is 1. The molecule has 0 heterocycles. The predicted molar refractivity (Wildman–Crippen MR) is 63.2 cm³/mol. The van der Waals surface area contributed by atoms with Crippen LogP contribution in [-0.4, -0.2) is 6.21 Å². The summed E-state index contributed by atoms with van der Waals surface area (Å²) < 4.78 is 0. The number of benzene rings is 1. The van der Waals surface area contributed by atoms with Crippen LogP contribution in [0, 0.1) is 0 Å². The summed E-state index contributed by atoms with van der Waals surface area (Å²) in [4.78, 5) is 4.05. The Labute approximate surface area is 84.5 Å². The van der Waals surface area contributed by atoms with Crippen LogP contribution in [-0.2, 0) is 0 Å². The van der Waals surface area contributed by atoms with Crippen molar-refractivity contribution >= 4 is 17.5 Å². The van der Waals surface area contributed by atoms with E-state index in [9.17, 15) is 0 Å². The van der Waals surface area contributed by atoms with Crippen LogP contribution in [0.4, 0.5) is 5.69 Å². The summed E-state index contributed by atoms with van der Waals surface area (Å²) in [5.74, 6) is 0. The number of allylic oxidation sites excluding steroid dienone is 2. The number of aliphatic imine (C=N–C) groups is 1. The van der Waals surface area contributed by atoms with Gasteiger partial charge in [-0.05, 0) is 30.2 Å². The monoisotopic (exact) mass is 186 g/mol. The highest BCUT2D eigenvalue weighted by Gasteiger charge is 1.93. The number of nitrogens with zero attached hydrogens (tertiary/aromatic N) is 1. The third-order valence-electron chi connectivity index (χ3n) is 1.83. The zero-order valence-corrected chi connectivity index (χ0v) is 8.27. The molecule has 2 heteroatoms. The van der Waals surface area contributed by atoms with Crippen LogP contribution in [0.15, 0.2) is 48.1 Å². The fourth-order valence-corrected chi connectivity index (χ4v) is 1.04. The minimum Gasteiger partial charge on any atom is -0.399 e. The third kappa shape index (κ3) is 2.90. The van der Waals surface area contributed by atoms with Crippen molar-refractivity contribution < 1.29 is 0 Å². The first-order chi connectivity index (χ1) is 6.74. The van der Waals surface area contributed by atoms with Crippen molar-refractivity contribution in [2.75, 3.05) is 5.73 Å². The van der Waals surface area contributed by atoms with E-state index in [1.54, 1.807) is 18.5 Å². The molecule has 72 valence electrons. The second kappa shape index (κ2) is 5.02. The molecule has 1 rings (SSSR count). The molecule has 14 heavy (non-hydrogen) atoms. The number of hydrogen-bond donors (Lipinski definition) is 1. The lowest BCUT2D eigenvalue weighted by Gasteiger charge is -1.99. The fraction of sp³-hybridized carbons (Fsp3) is 0.0833. The Morgan fingerprint density at radius 3 is 2.57 bits per heavy atom. The van der Waals surface area contributed by atoms with Gasteiger partial charge in [0.25, 0.3) is 0 Å². The maximum atomic E-state index is 5.59. The van der Waals surface area contributed by atoms with Gasteiger partial charge < -0.3 is 5.73 Å². The Morgan fingerprint density at radius 1 is 1.36 bits per heavy atom. The maximum Gasteiger partial charge on any atom is 0.0314 e. The van der Waals surface area contributed by atoms with Crippen molar-refractivity contribution in [3.8, 4) is 0 Å². The van der Waals surface area contributed by atoms with Crippen molar-refractivity contribution in [3.63, 3.8) is 0 Å². The Morgan fingerprint density at radius 2 is 2.00 bits per heavy atom. The average molecular weight is 186 g/mol. The second-order valence-corrected chi connectivity index (χ2v) is 2.97. The van der Waals surface area contributed by atoms with E-state index in [-0.39, 0.29) is 0 Å². The summed E-state index contributed by atoms with van der Waals surface area (Å²) in [6.07, 6.45) is 5.10. The molecule has 0 bridgehead atoms. The predicted octanol–water partition coefficient (Wildman–Crippen LogP) is 2.89. The van der Waals surface area contributed by atoms with Crippen LogP contribution in [0.25, 0.3) is 5.57 Å². The molecule has 0 unspecified atom stereocenters. The van der Waals surface area contributed by atoms with Crippen molar-refractivity contribution in [2.24, 2.45) is 4.99 Å². The summed E-state index contributed by atoms with van der Waals surface area (Å²) in [7, 11) is 0. The number of anilines is 1. The van der Waals surface area contributed by atoms with E-state index < -0.39 is 0 Å². The normalized spacial score (nSPS) is 11.9. The molecule has 0 aliphatic heterocycles. The largest absolute Gasteiger partial charge is 0.399 e. The van der Waals surface area contributed by atoms with Crippen LogP contribution < -0.4 is 5.73 Å². The molecule has 0 aliphatic carbocycles. The molecule has 0 aromatic heterocycles. The van der Waals surface area contributed by atoms with Crippen LogP contribution >= 0.6 is 0 Å². The highest BCUT2D eigenvalue weighted by Crippen LogP contribution is 2.15. The standard InChI is InChI=1S/C12H14N2/c1-3-8-14-9-10(2)11-4-6-12(13)7-5-11/h3-9H,1,13H2,2H3. The fourth-order valence-electron chi connectivity index (χ4n) is 1.04. The van der Waals surface area contributed by atoms with Crippen LogP contribution in [0.5, 0.6) is 0 Å². The van der Waals surface area contributed by atoms with E-state index in [4.69, 9.17) is 5.73 Å². The van der Waals surface area contributed by atoms with Crippen LogP contribution in [0.1, 0.15) is 12.5 Å². The van der Waals surface area contributed by atoms with Crippen molar-refractivity contribution in [1.29, 1.82) is 0 Å². The van der Waals surface area contributed by atoms with Crippen molar-refractivity contribution in [2.45, 2.75) is 6.92 Å². The van der Waals surface area contributed by atoms with Gasteiger partial charge in [0.05, 0.1) is 0 Å². The quantitative estimate of drug-likeness (QED) is 0.572. The van der Waals surface area contributed by atoms with E-state index in [0.29, 0.717) is 0 Å². The van der Waals surface area contributed by atoms with E-state index in [2.05, 4.69) is 11.6 Å². The Hall–Kier alpha value is -1.83. The molecule has 1 aromatic rings. The number of hydrogen-bond acceptors (Lipinski definition) is 2. The van der Waals surface area contributed by atoms with Gasteiger partial charge in [0.2, 0.25) is 0 Å². The topological polar surface area (TPSA) is 38.4 Å². The molecule has 0 radical (unpaired) electrons. The molecule has 0 saturated heterocycles. The van der Waals surface area contributed by atoms with Gasteiger partial charge in [-0.3, -0.25) is 4.99 Å². The summed E-state index contributed by atoms with van der Waals surface area (Å²) in [6.45, 7) is 5.55. The van der Waals surface area contributed by atoms with Crippen LogP contribution in [0.2, 0.25) is 0 Å². The maximum absolute atomic E-state index is 5.59. The molecule has 0 fully saturated rings. The lowest BCUT2D eigenvalue weighted by Crippen LogP contribution is -1.84. The zero-order chi connectivity index (χ0) is 10.4. The SMILES string of the molecule is C=CC=NC=C(C)c1ccc(N)cc1. The van der Waals surface area contributed by atoms with Gasteiger partial charge in [-0.1, -0.05) is 24.8 Å². The van der Waals surface area contributed by atoms with Gasteiger partial charge in [-0.15, -0.1) is 0 Å². The highest BCUT2D eigenvalue weighted by atomic mass is 14.7. The Balaban J connectivity index is 2.83. The zero-order valence-electron chi connectivity index (χ0n) is 8.27. The van der Waals surface area contributed by atoms with Crippen molar-refractivity contribution in [3.05, 3.63) is 48.7 Å². The van der Waals surface area contributed by atoms with Gasteiger partial charge in [-0.25, -0.2) is 0 Å². The summed E-state index contributed by atoms with van der Waals surface area (Å²) in [5.41, 5.74) is 8.59. The molecular weight excluding hydrogens is 172 g/mol. The van der Waals surface area contributed by atoms with E-state index >= 15 is 0 Å². The van der Waals surface area contributed by atoms with Crippen LogP contribution in [0.3, 0.4) is 0 Å². The first-order valence-corrected chi connectivity index (χ1v) is 4.41. The number of rotatable bonds is 3. The molecule has 0 aliphatic rings. The molecule has 0 atom stereocenters. The molecule has 0 spiro atoms. The third-order valence-corrected chi connectivity index (χ3v) is 1.83. The first kappa shape index (κ1) is 10.3. The minimum atomic E-state index is 0.774. The summed E-state index contributed by atoms with van der Waals surface area (Å²) in [5, 5.41) is 0. The minimum absolute atomic E-state index is 0.774. The summed E-state index contributed by atoms with van der Waals surface area (Å²) >= 11 is 0. The van der Waals surface area contributed by atoms with Gasteiger partial charge >= 0.3 is 0 Å². The molecule has 0 saturated carbocycles. The molecule has 2 N–H and O–H groups in total. The lowest BCUT2D eigenvalue weighted by atomic mass is 10.1. The van der Waals surface area contributed by atoms with Gasteiger partial charge in [-0.2, -0.15) is 0 Å². The van der Waals surface area contributed by atoms with Gasteiger partial charge in [0.1, 0.15) is 0 Å². The molecule has 2 nitrogen and oxygen atoms in total. The summed E-state index contributed by atoms with van der Waals surface area (Å²) in [6, 6.07) is 7.71. The Bertz CT molecular complexity index is 358. The average Bonchev–Trinajstić information content (AvgIpc) is 2.19. The lowest BCUT2D eigenvalue weighted by molar-refractivity contribution is 1.50. The first-order valence-electron chi connectivity index (χ1n) is 4.41. The van der Waals surface area contributed by atoms with E-state index in [1.807, 2.05) is 31.2 Å². The molecule has 1 aromatic carbocycles. The Kier molecular flexibility index (Phi) is 3.68. The second-order valence-electron chi connectivity index (χ2n) is 2.97. The number of nitrogens with two attached hydrogens (primary N) is 1.